The van der Waals surface area contributed by atoms with Crippen LogP contribution in [-0.2, 0) is 36.5 Å². The Morgan fingerprint density at radius 1 is 1.00 bits per heavy atom. The third-order valence-corrected chi connectivity index (χ3v) is 0. The monoisotopic (exact) mass is 451 g/mol. The first-order chi connectivity index (χ1) is 0. The summed E-state index contributed by atoms with van der Waals surface area (Å²) >= 11 is 0. The quantitative estimate of drug-likeness (QED) is 0.424. The maximum absolute atomic E-state index is 0. The van der Waals surface area contributed by atoms with Gasteiger partial charge in [-0.15, -0.1) is 0 Å². The molecule has 0 aromatic carbocycles. The van der Waals surface area contributed by atoms with Crippen LogP contribution in [0.5, 0.6) is 0 Å². The molecule has 0 aliphatic carbocycles. The van der Waals surface area contributed by atoms with Crippen LogP contribution >= 0.6 is 0 Å². The predicted molar refractivity (Wildman–Crippen MR) is 11.5 cm³/mol. The summed E-state index contributed by atoms with van der Waals surface area (Å²) in [6.45, 7) is 0. The van der Waals surface area contributed by atoms with Gasteiger partial charge in [-0.05, 0) is 0 Å². The van der Waals surface area contributed by atoms with Crippen LogP contribution < -0.4 is 0 Å². The second kappa shape index (κ2) is 16.9. The van der Waals surface area contributed by atoms with Gasteiger partial charge < -0.3 is 0 Å². The summed E-state index contributed by atoms with van der Waals surface area (Å²) in [5.74, 6) is 0. The molecule has 0 amide bonds. The standard InChI is InChI=1S/Bi.Cu.In.Zn. The SMILES string of the molecule is [Bi].[Cu].[In].[Zn]. The zero-order valence-corrected chi connectivity index (χ0v) is 12.7. The van der Waals surface area contributed by atoms with Crippen LogP contribution in [0.4, 0.5) is 0 Å². The average Bonchev–Trinajstić information content (AvgIpc) is 0. The van der Waals surface area contributed by atoms with Crippen molar-refractivity contribution in [3.05, 3.63) is 0 Å². The molecule has 0 fully saturated rings. The van der Waals surface area contributed by atoms with Crippen molar-refractivity contribution in [1.82, 2.24) is 0 Å². The maximum atomic E-state index is 0. The molecule has 0 spiro atoms. The van der Waals surface area contributed by atoms with Gasteiger partial charge in [0.2, 0.25) is 0 Å². The predicted octanol–water partition coefficient (Wildman–Crippen LogP) is -0.767. The van der Waals surface area contributed by atoms with Crippen LogP contribution in [0, 0.1) is 0 Å². The van der Waals surface area contributed by atoms with E-state index in [-0.39, 0.29) is 88.6 Å². The molecule has 0 bridgehead atoms. The molecule has 0 heterocycles. The van der Waals surface area contributed by atoms with Gasteiger partial charge in [0, 0.05) is 88.6 Å². The van der Waals surface area contributed by atoms with E-state index >= 15 is 0 Å². The Balaban J connectivity index is 0. The summed E-state index contributed by atoms with van der Waals surface area (Å²) in [5, 5.41) is 0. The fraction of sp³-hybridized carbons (Fsp3) is 0. The molecule has 0 aliphatic heterocycles. The summed E-state index contributed by atoms with van der Waals surface area (Å²) in [7, 11) is 0. The molecule has 0 aromatic rings. The van der Waals surface area contributed by atoms with Crippen molar-refractivity contribution in [3.63, 3.8) is 0 Å². The van der Waals surface area contributed by atoms with Gasteiger partial charge in [0.1, 0.15) is 0 Å². The third-order valence-electron chi connectivity index (χ3n) is 0. The zero-order valence-electron chi connectivity index (χ0n) is 2.03. The second-order valence-corrected chi connectivity index (χ2v) is 0. The molecule has 0 unspecified atom stereocenters. The van der Waals surface area contributed by atoms with E-state index in [2.05, 4.69) is 0 Å². The molecule has 0 aromatic heterocycles. The molecule has 0 rings (SSSR count). The molecule has 0 nitrogen and oxygen atoms in total. The van der Waals surface area contributed by atoms with Crippen LogP contribution in [0.15, 0.2) is 0 Å². The fourth-order valence-electron chi connectivity index (χ4n) is 0. The smallest absolute Gasteiger partial charge is 0 e. The van der Waals surface area contributed by atoms with Crippen molar-refractivity contribution in [2.24, 2.45) is 0 Å². The molecule has 4 heteroatoms. The van der Waals surface area contributed by atoms with Gasteiger partial charge in [-0.3, -0.25) is 0 Å². The Hall–Kier alpha value is 2.90. The molecule has 0 saturated carbocycles. The van der Waals surface area contributed by atoms with Gasteiger partial charge in [-0.25, -0.2) is 0 Å². The molecule has 7 radical (unpaired) electrons. The first kappa shape index (κ1) is 28.6. The minimum Gasteiger partial charge on any atom is 0 e. The Morgan fingerprint density at radius 2 is 1.00 bits per heavy atom. The third kappa shape index (κ3) is 8.86. The summed E-state index contributed by atoms with van der Waals surface area (Å²) in [5.41, 5.74) is 0. The van der Waals surface area contributed by atoms with Gasteiger partial charge in [0.25, 0.3) is 0 Å². The number of hydrogen-bond acceptors (Lipinski definition) is 0. The van der Waals surface area contributed by atoms with E-state index < -0.39 is 0 Å². The molecule has 21 valence electrons. The van der Waals surface area contributed by atoms with Crippen molar-refractivity contribution in [2.75, 3.05) is 0 Å². The first-order valence-corrected chi connectivity index (χ1v) is 0. The van der Waals surface area contributed by atoms with E-state index in [1.807, 2.05) is 0 Å². The minimum absolute atomic E-state index is 0. The fourth-order valence-corrected chi connectivity index (χ4v) is 0. The summed E-state index contributed by atoms with van der Waals surface area (Å²) in [4.78, 5) is 0. The van der Waals surface area contributed by atoms with Crippen molar-refractivity contribution >= 4 is 52.0 Å². The Kier molecular flexibility index (Phi) is 120. The average molecular weight is 453 g/mol. The van der Waals surface area contributed by atoms with Crippen LogP contribution in [0.2, 0.25) is 0 Å². The second-order valence-electron chi connectivity index (χ2n) is 0. The maximum Gasteiger partial charge on any atom is 0 e. The van der Waals surface area contributed by atoms with E-state index in [0.717, 1.165) is 0 Å². The van der Waals surface area contributed by atoms with Gasteiger partial charge in [-0.2, -0.15) is 0 Å². The van der Waals surface area contributed by atoms with Gasteiger partial charge in [0.15, 0.2) is 0 Å². The topological polar surface area (TPSA) is 0 Å². The minimum atomic E-state index is 0. The molecular weight excluding hydrogens is 453 g/mol. The van der Waals surface area contributed by atoms with Crippen molar-refractivity contribution in [1.29, 1.82) is 0 Å². The van der Waals surface area contributed by atoms with E-state index in [0.29, 0.717) is 0 Å². The van der Waals surface area contributed by atoms with E-state index in [1.165, 1.54) is 0 Å². The molecule has 4 heavy (non-hydrogen) atoms. The zero-order chi connectivity index (χ0) is 0. The molecular formula is BiCuInZn. The van der Waals surface area contributed by atoms with Crippen LogP contribution in [0.3, 0.4) is 0 Å². The van der Waals surface area contributed by atoms with Gasteiger partial charge in [0.05, 0.1) is 0 Å². The van der Waals surface area contributed by atoms with Crippen molar-refractivity contribution in [3.8, 4) is 0 Å². The van der Waals surface area contributed by atoms with Crippen molar-refractivity contribution in [2.45, 2.75) is 0 Å². The normalized spacial score (nSPS) is 0. The van der Waals surface area contributed by atoms with Crippen LogP contribution in [-0.4, -0.2) is 52.0 Å². The molecule has 0 aliphatic rings. The summed E-state index contributed by atoms with van der Waals surface area (Å²) < 4.78 is 0. The van der Waals surface area contributed by atoms with Gasteiger partial charge in [-0.1, -0.05) is 0 Å². The Morgan fingerprint density at radius 3 is 1.00 bits per heavy atom. The Labute approximate surface area is 87.0 Å². The van der Waals surface area contributed by atoms with E-state index in [9.17, 15) is 0 Å². The first-order valence-electron chi connectivity index (χ1n) is 0. The van der Waals surface area contributed by atoms with E-state index in [4.69, 9.17) is 0 Å². The van der Waals surface area contributed by atoms with E-state index in [1.54, 1.807) is 0 Å². The largest absolute Gasteiger partial charge is 0 e. The summed E-state index contributed by atoms with van der Waals surface area (Å²) in [6.07, 6.45) is 0. The van der Waals surface area contributed by atoms with Crippen LogP contribution in [0.25, 0.3) is 0 Å². The Bertz CT molecular complexity index is 8.00. The molecule has 0 N–H and O–H groups in total. The summed E-state index contributed by atoms with van der Waals surface area (Å²) in [6, 6.07) is 0. The molecule has 0 saturated heterocycles. The molecule has 0 atom stereocenters. The van der Waals surface area contributed by atoms with Crippen LogP contribution in [0.1, 0.15) is 0 Å². The number of rotatable bonds is 0. The van der Waals surface area contributed by atoms with Crippen molar-refractivity contribution < 1.29 is 36.5 Å². The van der Waals surface area contributed by atoms with Gasteiger partial charge >= 0.3 is 0 Å². The number of hydrogen-bond donors (Lipinski definition) is 0.